The first-order valence-corrected chi connectivity index (χ1v) is 8.52. The van der Waals surface area contributed by atoms with E-state index in [1.807, 2.05) is 37.3 Å². The molecule has 3 N–H and O–H groups in total. The molecule has 24 heavy (non-hydrogen) atoms. The molecule has 0 bridgehead atoms. The van der Waals surface area contributed by atoms with E-state index < -0.39 is 11.0 Å². The van der Waals surface area contributed by atoms with E-state index in [1.54, 1.807) is 24.3 Å². The van der Waals surface area contributed by atoms with Gasteiger partial charge in [-0.3, -0.25) is 4.79 Å². The number of aryl methyl sites for hydroxylation is 1. The molecule has 0 fully saturated rings. The van der Waals surface area contributed by atoms with E-state index in [-0.39, 0.29) is 5.91 Å². The number of anilines is 1. The molecule has 126 valence electrons. The molecule has 0 saturated carbocycles. The van der Waals surface area contributed by atoms with Gasteiger partial charge >= 0.3 is 0 Å². The predicted molar refractivity (Wildman–Crippen MR) is 104 cm³/mol. The molecule has 7 heteroatoms. The standard InChI is InChI=1S/C17H17Cl2N3OS/c1-11-6-5-9-13(10-11)20-17(24)22-15(14(18)19)21-16(23)12-7-3-2-4-8-12/h2-10,14-15H,1H3,(H,21,23)(H2,20,22,24)/t15-/m0/s1. The number of benzene rings is 2. The van der Waals surface area contributed by atoms with Crippen molar-refractivity contribution in [3.05, 3.63) is 65.7 Å². The fourth-order valence-corrected chi connectivity index (χ4v) is 2.50. The smallest absolute Gasteiger partial charge is 0.252 e. The summed E-state index contributed by atoms with van der Waals surface area (Å²) in [6, 6.07) is 16.5. The van der Waals surface area contributed by atoms with Crippen LogP contribution in [-0.4, -0.2) is 22.0 Å². The maximum absolute atomic E-state index is 12.2. The van der Waals surface area contributed by atoms with Crippen molar-refractivity contribution in [1.29, 1.82) is 0 Å². The third kappa shape index (κ3) is 5.67. The van der Waals surface area contributed by atoms with Crippen molar-refractivity contribution in [2.45, 2.75) is 17.9 Å². The molecule has 0 aliphatic carbocycles. The monoisotopic (exact) mass is 381 g/mol. The van der Waals surface area contributed by atoms with Crippen LogP contribution in [0.25, 0.3) is 0 Å². The summed E-state index contributed by atoms with van der Waals surface area (Å²) >= 11 is 17.2. The van der Waals surface area contributed by atoms with Crippen molar-refractivity contribution in [3.8, 4) is 0 Å². The molecule has 4 nitrogen and oxygen atoms in total. The average Bonchev–Trinajstić information content (AvgIpc) is 2.54. The van der Waals surface area contributed by atoms with E-state index >= 15 is 0 Å². The molecular formula is C17H17Cl2N3OS. The van der Waals surface area contributed by atoms with Gasteiger partial charge in [0.05, 0.1) is 0 Å². The Morgan fingerprint density at radius 1 is 1.04 bits per heavy atom. The highest BCUT2D eigenvalue weighted by atomic mass is 35.5. The molecule has 2 rings (SSSR count). The van der Waals surface area contributed by atoms with Crippen molar-refractivity contribution in [2.24, 2.45) is 0 Å². The number of halogens is 2. The van der Waals surface area contributed by atoms with E-state index in [1.165, 1.54) is 0 Å². The summed E-state index contributed by atoms with van der Waals surface area (Å²) in [4.78, 5) is 11.3. The Morgan fingerprint density at radius 2 is 1.75 bits per heavy atom. The molecule has 0 aliphatic rings. The van der Waals surface area contributed by atoms with Gasteiger partial charge in [0.2, 0.25) is 0 Å². The molecular weight excluding hydrogens is 365 g/mol. The van der Waals surface area contributed by atoms with Crippen molar-refractivity contribution >= 4 is 52.1 Å². The highest BCUT2D eigenvalue weighted by Crippen LogP contribution is 2.11. The normalized spacial score (nSPS) is 11.7. The number of hydrogen-bond acceptors (Lipinski definition) is 2. The summed E-state index contributed by atoms with van der Waals surface area (Å²) in [7, 11) is 0. The number of rotatable bonds is 5. The van der Waals surface area contributed by atoms with Crippen LogP contribution in [0.1, 0.15) is 15.9 Å². The number of hydrogen-bond donors (Lipinski definition) is 3. The Hall–Kier alpha value is -1.82. The molecule has 2 aromatic rings. The summed E-state index contributed by atoms with van der Waals surface area (Å²) in [5.74, 6) is -0.294. The van der Waals surface area contributed by atoms with Crippen LogP contribution in [0.5, 0.6) is 0 Å². The number of amides is 1. The maximum atomic E-state index is 12.2. The van der Waals surface area contributed by atoms with Gasteiger partial charge in [-0.25, -0.2) is 0 Å². The van der Waals surface area contributed by atoms with Crippen molar-refractivity contribution in [2.75, 3.05) is 5.32 Å². The highest BCUT2D eigenvalue weighted by Gasteiger charge is 2.21. The van der Waals surface area contributed by atoms with E-state index in [4.69, 9.17) is 35.4 Å². The van der Waals surface area contributed by atoms with Crippen molar-refractivity contribution < 1.29 is 4.79 Å². The molecule has 0 heterocycles. The van der Waals surface area contributed by atoms with Crippen LogP contribution in [0.4, 0.5) is 5.69 Å². The van der Waals surface area contributed by atoms with Gasteiger partial charge in [0.25, 0.3) is 5.91 Å². The third-order valence-electron chi connectivity index (χ3n) is 3.14. The molecule has 0 radical (unpaired) electrons. The van der Waals surface area contributed by atoms with Crippen LogP contribution in [0, 0.1) is 6.92 Å². The molecule has 0 aliphatic heterocycles. The average molecular weight is 382 g/mol. The number of carbonyl (C=O) groups is 1. The van der Waals surface area contributed by atoms with Gasteiger partial charge in [0.1, 0.15) is 11.0 Å². The van der Waals surface area contributed by atoms with Crippen LogP contribution in [0.15, 0.2) is 54.6 Å². The molecule has 0 aromatic heterocycles. The van der Waals surface area contributed by atoms with E-state index in [0.717, 1.165) is 11.3 Å². The van der Waals surface area contributed by atoms with E-state index in [0.29, 0.717) is 10.7 Å². The molecule has 0 unspecified atom stereocenters. The van der Waals surface area contributed by atoms with Gasteiger partial charge in [0.15, 0.2) is 5.11 Å². The van der Waals surface area contributed by atoms with Crippen LogP contribution in [0.2, 0.25) is 0 Å². The molecule has 0 saturated heterocycles. The van der Waals surface area contributed by atoms with E-state index in [2.05, 4.69) is 16.0 Å². The van der Waals surface area contributed by atoms with Crippen molar-refractivity contribution in [3.63, 3.8) is 0 Å². The van der Waals surface area contributed by atoms with Gasteiger partial charge in [-0.15, -0.1) is 23.2 Å². The van der Waals surface area contributed by atoms with Crippen LogP contribution in [0.3, 0.4) is 0 Å². The molecule has 0 spiro atoms. The van der Waals surface area contributed by atoms with Crippen LogP contribution < -0.4 is 16.0 Å². The Labute approximate surface area is 156 Å². The third-order valence-corrected chi connectivity index (χ3v) is 3.86. The second kappa shape index (κ2) is 8.87. The highest BCUT2D eigenvalue weighted by molar-refractivity contribution is 7.80. The Bertz CT molecular complexity index is 710. The lowest BCUT2D eigenvalue weighted by Gasteiger charge is -2.23. The minimum atomic E-state index is -0.880. The van der Waals surface area contributed by atoms with Gasteiger partial charge in [-0.2, -0.15) is 0 Å². The Morgan fingerprint density at radius 3 is 2.38 bits per heavy atom. The van der Waals surface area contributed by atoms with Crippen LogP contribution in [-0.2, 0) is 0 Å². The first-order chi connectivity index (χ1) is 11.5. The minimum absolute atomic E-state index is 0.294. The number of carbonyl (C=O) groups excluding carboxylic acids is 1. The lowest BCUT2D eigenvalue weighted by molar-refractivity contribution is 0.0936. The topological polar surface area (TPSA) is 53.2 Å². The zero-order chi connectivity index (χ0) is 17.5. The Balaban J connectivity index is 1.98. The molecule has 1 atom stereocenters. The second-order valence-electron chi connectivity index (χ2n) is 5.12. The summed E-state index contributed by atoms with van der Waals surface area (Å²) in [5, 5.41) is 8.97. The van der Waals surface area contributed by atoms with Crippen molar-refractivity contribution in [1.82, 2.24) is 10.6 Å². The lowest BCUT2D eigenvalue weighted by atomic mass is 10.2. The van der Waals surface area contributed by atoms with E-state index in [9.17, 15) is 4.79 Å². The minimum Gasteiger partial charge on any atom is -0.340 e. The summed E-state index contributed by atoms with van der Waals surface area (Å²) in [5.41, 5.74) is 2.45. The predicted octanol–water partition coefficient (Wildman–Crippen LogP) is 3.84. The fourth-order valence-electron chi connectivity index (χ4n) is 2.01. The zero-order valence-corrected chi connectivity index (χ0v) is 15.3. The van der Waals surface area contributed by atoms with Gasteiger partial charge in [-0.1, -0.05) is 30.3 Å². The largest absolute Gasteiger partial charge is 0.340 e. The van der Waals surface area contributed by atoms with Gasteiger partial charge in [-0.05, 0) is 49.0 Å². The zero-order valence-electron chi connectivity index (χ0n) is 12.9. The quantitative estimate of drug-likeness (QED) is 0.418. The lowest BCUT2D eigenvalue weighted by Crippen LogP contribution is -2.52. The summed E-state index contributed by atoms with van der Waals surface area (Å²) < 4.78 is 0. The summed E-state index contributed by atoms with van der Waals surface area (Å²) in [6.45, 7) is 1.98. The molecule has 2 aromatic carbocycles. The first-order valence-electron chi connectivity index (χ1n) is 7.24. The first kappa shape index (κ1) is 18.5. The van der Waals surface area contributed by atoms with Gasteiger partial charge in [0, 0.05) is 11.3 Å². The SMILES string of the molecule is Cc1cccc(NC(=S)N[C@H](NC(=O)c2ccccc2)C(Cl)Cl)c1. The fraction of sp³-hybridized carbons (Fsp3) is 0.176. The molecule has 1 amide bonds. The maximum Gasteiger partial charge on any atom is 0.252 e. The van der Waals surface area contributed by atoms with Gasteiger partial charge < -0.3 is 16.0 Å². The second-order valence-corrected chi connectivity index (χ2v) is 6.69. The summed E-state index contributed by atoms with van der Waals surface area (Å²) in [6.07, 6.45) is -0.731. The van der Waals surface area contributed by atoms with Crippen LogP contribution >= 0.6 is 35.4 Å². The Kier molecular flexibility index (Phi) is 6.85. The number of alkyl halides is 2. The number of thiocarbonyl (C=S) groups is 1. The number of nitrogens with one attached hydrogen (secondary N) is 3.